The number of thiophene rings is 4. The Morgan fingerprint density at radius 3 is 1.57 bits per heavy atom. The average molecular weight is 1400 g/mol. The topological polar surface area (TPSA) is 103 Å². The van der Waals surface area contributed by atoms with Crippen molar-refractivity contribution in [3.05, 3.63) is 232 Å². The minimum atomic E-state index is -0.764. The molecule has 0 bridgehead atoms. The number of hydrogen-bond donors (Lipinski definition) is 2. The molecule has 1 N–H and O–H groups in total. The number of carbonyl (C=O) groups is 2. The maximum absolute atomic E-state index is 13.5. The molecule has 18 heteroatoms. The largest absolute Gasteiger partial charge is 0.298 e. The molecule has 2 aliphatic heterocycles. The summed E-state index contributed by atoms with van der Waals surface area (Å²) in [6, 6.07) is 46.4. The minimum absolute atomic E-state index is 0.0785. The van der Waals surface area contributed by atoms with E-state index in [1.54, 1.807) is 27.2 Å². The van der Waals surface area contributed by atoms with Crippen LogP contribution < -0.4 is 0 Å². The number of aromatic nitrogens is 2. The Morgan fingerprint density at radius 2 is 1.05 bits per heavy atom. The second-order valence-corrected chi connectivity index (χ2v) is 32.6. The molecule has 10 aromatic rings. The number of aryl methyl sites for hydroxylation is 4. The van der Waals surface area contributed by atoms with Gasteiger partial charge in [-0.25, -0.2) is 4.40 Å². The van der Waals surface area contributed by atoms with Crippen LogP contribution in [0.5, 0.6) is 0 Å². The number of thiocarbonyl (C=S) groups is 2. The fraction of sp³-hybridized carbons (Fsp3) is 0.227. The zero-order chi connectivity index (χ0) is 64.2. The lowest BCUT2D eigenvalue weighted by molar-refractivity contribution is -0.122. The Hall–Kier alpha value is -6.55. The molecule has 15 rings (SSSR count). The summed E-state index contributed by atoms with van der Waals surface area (Å²) in [5, 5.41) is 9.89. The summed E-state index contributed by atoms with van der Waals surface area (Å²) < 4.78 is 18.0. The van der Waals surface area contributed by atoms with E-state index in [9.17, 15) is 15.0 Å². The zero-order valence-electron chi connectivity index (χ0n) is 51.9. The van der Waals surface area contributed by atoms with Gasteiger partial charge in [0.05, 0.1) is 67.0 Å². The molecule has 1 unspecified atom stereocenters. The normalized spacial score (nSPS) is 18.7. The fourth-order valence-electron chi connectivity index (χ4n) is 14.2. The van der Waals surface area contributed by atoms with Crippen LogP contribution in [-0.2, 0) is 26.8 Å². The summed E-state index contributed by atoms with van der Waals surface area (Å²) in [6.45, 7) is 13.6. The third kappa shape index (κ3) is 10.0. The maximum atomic E-state index is 13.5. The highest BCUT2D eigenvalue weighted by Crippen LogP contribution is 2.70. The van der Waals surface area contributed by atoms with E-state index < -0.39 is 10.8 Å². The van der Waals surface area contributed by atoms with Gasteiger partial charge in [-0.3, -0.25) is 24.8 Å². The number of thioether (sulfide) groups is 2. The Bertz CT molecular complexity index is 4920. The highest BCUT2D eigenvalue weighted by Gasteiger charge is 2.55. The second-order valence-electron chi connectivity index (χ2n) is 24.3. The maximum Gasteiger partial charge on any atom is 0.266 e. The first kappa shape index (κ1) is 62.6. The van der Waals surface area contributed by atoms with Gasteiger partial charge in [0, 0.05) is 56.2 Å². The fourth-order valence-corrected chi connectivity index (χ4v) is 23.6. The number of nitrogens with zero attached hydrogens (tertiary/aromatic N) is 5. The van der Waals surface area contributed by atoms with Crippen LogP contribution in [0.3, 0.4) is 0 Å². The molecule has 0 spiro atoms. The van der Waals surface area contributed by atoms with Gasteiger partial charge >= 0.3 is 0 Å². The second kappa shape index (κ2) is 24.9. The molecular formula is C75H62N6O2S10. The van der Waals surface area contributed by atoms with Gasteiger partial charge in [-0.05, 0) is 124 Å². The van der Waals surface area contributed by atoms with E-state index in [4.69, 9.17) is 33.2 Å². The van der Waals surface area contributed by atoms with Crippen molar-refractivity contribution < 1.29 is 9.59 Å². The van der Waals surface area contributed by atoms with E-state index >= 15 is 0 Å². The molecule has 464 valence electrons. The monoisotopic (exact) mass is 1400 g/mol. The lowest BCUT2D eigenvalue weighted by Gasteiger charge is -2.34. The van der Waals surface area contributed by atoms with Crippen molar-refractivity contribution in [3.63, 3.8) is 0 Å². The Balaban J connectivity index is 0.965. The predicted octanol–water partition coefficient (Wildman–Crippen LogP) is 20.9. The summed E-state index contributed by atoms with van der Waals surface area (Å²) in [4.78, 5) is 38.4. The van der Waals surface area contributed by atoms with Gasteiger partial charge in [0.2, 0.25) is 0 Å². The molecule has 8 nitrogen and oxygen atoms in total. The number of fused-ring (bicyclic) bond motifs is 10. The summed E-state index contributed by atoms with van der Waals surface area (Å²) >= 11 is 27.0. The minimum Gasteiger partial charge on any atom is -0.298 e. The predicted molar refractivity (Wildman–Crippen MR) is 409 cm³/mol. The van der Waals surface area contributed by atoms with Crippen LogP contribution in [0, 0.1) is 26.2 Å². The lowest BCUT2D eigenvalue weighted by Crippen LogP contribution is -2.29. The number of benzene rings is 5. The molecule has 3 aliphatic carbocycles. The molecule has 5 aromatic carbocycles. The Labute approximate surface area is 586 Å². The highest BCUT2D eigenvalue weighted by atomic mass is 32.2. The van der Waals surface area contributed by atoms with E-state index in [1.165, 1.54) is 169 Å². The molecule has 2 saturated heterocycles. The molecule has 0 radical (unpaired) electrons. The van der Waals surface area contributed by atoms with Gasteiger partial charge in [-0.15, -0.1) is 45.3 Å². The van der Waals surface area contributed by atoms with Crippen molar-refractivity contribution in [2.45, 2.75) is 97.3 Å². The standard InChI is InChI=1S/C75H62N6O2S10/c1-7-10-11-12-13-14-15-43-22-32-49(33-23-43)75(48-30-20-42(6)21-31-48)53-39-55(51-35-25-45(62-63(51)79-93-78-62)37-57-71(83)81(9-3)73(85)90-57)88-65(53)67-59(75)69-68(92-67)58-66(91-69)64-52(74(58,46-26-16-40(4)17-27-46)47-28-18-41(5)19-29-47)38-54(87-64)50-34-24-44(61(77-86)60(50)76)36-56-70(82)80(8-2)72(84)89-56/h16-39,76,86H,7-15H2,1-6H3/b56-36-,57-37-,76-60?,77-61?. The zero-order valence-corrected chi connectivity index (χ0v) is 60.1. The molecule has 93 heavy (non-hydrogen) atoms. The number of likely N-dealkylation sites (N-methyl/N-ethyl adjacent to an activating group) is 2. The van der Waals surface area contributed by atoms with Gasteiger partial charge in [0.15, 0.2) is 0 Å². The van der Waals surface area contributed by atoms with Crippen LogP contribution in [-0.4, -0.2) is 63.5 Å². The molecule has 2 amide bonds. The molecular weight excluding hydrogens is 1340 g/mol. The van der Waals surface area contributed by atoms with E-state index in [2.05, 4.69) is 166 Å². The number of unbranched alkanes of at least 4 members (excludes halogenated alkanes) is 5. The first-order valence-corrected chi connectivity index (χ1v) is 38.3. The van der Waals surface area contributed by atoms with E-state index in [0.29, 0.717) is 42.8 Å². The number of nitrogens with one attached hydrogen (secondary N) is 1. The van der Waals surface area contributed by atoms with Gasteiger partial charge in [-0.1, -0.05) is 225 Å². The van der Waals surface area contributed by atoms with Crippen LogP contribution >= 0.6 is 118 Å². The van der Waals surface area contributed by atoms with Crippen LogP contribution in [0.1, 0.15) is 136 Å². The Kier molecular flexibility index (Phi) is 16.7. The van der Waals surface area contributed by atoms with Gasteiger partial charge in [-0.2, -0.15) is 8.75 Å². The third-order valence-electron chi connectivity index (χ3n) is 18.9. The van der Waals surface area contributed by atoms with Crippen LogP contribution in [0.2, 0.25) is 0 Å². The lowest BCUT2D eigenvalue weighted by atomic mass is 9.67. The smallest absolute Gasteiger partial charge is 0.266 e. The van der Waals surface area contributed by atoms with Crippen molar-refractivity contribution in [1.82, 2.24) is 18.5 Å². The van der Waals surface area contributed by atoms with Gasteiger partial charge in [0.1, 0.15) is 25.4 Å². The molecule has 1 atom stereocenters. The molecule has 7 heterocycles. The van der Waals surface area contributed by atoms with E-state index in [-0.39, 0.29) is 17.5 Å². The summed E-state index contributed by atoms with van der Waals surface area (Å²) in [7, 11) is 0. The van der Waals surface area contributed by atoms with Crippen molar-refractivity contribution in [1.29, 1.82) is 5.41 Å². The molecule has 0 saturated carbocycles. The highest BCUT2D eigenvalue weighted by molar-refractivity contribution is 8.27. The van der Waals surface area contributed by atoms with Gasteiger partial charge < -0.3 is 0 Å². The first-order chi connectivity index (χ1) is 45.2. The van der Waals surface area contributed by atoms with Crippen molar-refractivity contribution >= 4 is 182 Å². The molecule has 2 fully saturated rings. The SMILES string of the molecule is CCCCCCCCc1ccc(C2(c3ccc(C)cc3)c3cc(-c4ccc(/C=C5\SC(=S)N(CC)C5=O)c5nsnc45)sc3-c3sc4c5c(sc4c32)-c2sc(C3=CC=C(/C=C4\SC(=S)N(CC)C4=O)C(=NS)C3=N)cc2C5(c2ccc(C)cc2)c2ccc(C)cc2)cc1. The van der Waals surface area contributed by atoms with Crippen molar-refractivity contribution in [3.8, 4) is 29.9 Å². The van der Waals surface area contributed by atoms with Crippen LogP contribution in [0.15, 0.2) is 159 Å². The Morgan fingerprint density at radius 1 is 0.570 bits per heavy atom. The number of thiol groups is 1. The molecule has 5 aromatic heterocycles. The van der Waals surface area contributed by atoms with E-state index in [0.717, 1.165) is 43.9 Å². The van der Waals surface area contributed by atoms with Crippen LogP contribution in [0.25, 0.3) is 62.0 Å². The molecule has 5 aliphatic rings. The summed E-state index contributed by atoms with van der Waals surface area (Å²) in [5.41, 5.74) is 18.7. The van der Waals surface area contributed by atoms with Crippen LogP contribution in [0.4, 0.5) is 0 Å². The number of carbonyl (C=O) groups excluding carboxylic acids is 2. The number of rotatable bonds is 17. The van der Waals surface area contributed by atoms with E-state index in [1.807, 2.05) is 66.1 Å². The number of allylic oxidation sites excluding steroid dienone is 5. The number of amides is 2. The van der Waals surface area contributed by atoms with Crippen molar-refractivity contribution in [2.24, 2.45) is 4.40 Å². The van der Waals surface area contributed by atoms with Gasteiger partial charge in [0.25, 0.3) is 11.8 Å². The number of hydrogen-bond acceptors (Lipinski definition) is 16. The average Bonchev–Trinajstić information content (AvgIpc) is 1.49. The van der Waals surface area contributed by atoms with Crippen molar-refractivity contribution in [2.75, 3.05) is 13.1 Å². The quantitative estimate of drug-likeness (QED) is 0.0306. The first-order valence-electron chi connectivity index (χ1n) is 31.4. The third-order valence-corrected chi connectivity index (χ3v) is 27.5. The summed E-state index contributed by atoms with van der Waals surface area (Å²) in [5.74, 6) is -0.220. The summed E-state index contributed by atoms with van der Waals surface area (Å²) in [6.07, 6.45) is 16.2.